The summed E-state index contributed by atoms with van der Waals surface area (Å²) >= 11 is 11.5. The standard InChI is InChI=1S/C9H12Cl2N4O/c1-9(2)5-15(3-4-16-9)8-13-6(10)12-7(11)14-8/h3-5H2,1-2H3. The highest BCUT2D eigenvalue weighted by Crippen LogP contribution is 2.21. The lowest BCUT2D eigenvalue weighted by molar-refractivity contribution is -0.0281. The summed E-state index contributed by atoms with van der Waals surface area (Å²) in [4.78, 5) is 13.8. The van der Waals surface area contributed by atoms with E-state index in [1.165, 1.54) is 0 Å². The third-order valence-electron chi connectivity index (χ3n) is 2.28. The van der Waals surface area contributed by atoms with Crippen molar-refractivity contribution >= 4 is 29.2 Å². The van der Waals surface area contributed by atoms with Crippen LogP contribution in [0, 0.1) is 0 Å². The van der Waals surface area contributed by atoms with E-state index < -0.39 is 0 Å². The molecule has 1 aromatic heterocycles. The van der Waals surface area contributed by atoms with Crippen molar-refractivity contribution in [1.29, 1.82) is 0 Å². The molecule has 0 bridgehead atoms. The van der Waals surface area contributed by atoms with Crippen LogP contribution >= 0.6 is 23.2 Å². The molecule has 0 N–H and O–H groups in total. The van der Waals surface area contributed by atoms with Gasteiger partial charge in [0.1, 0.15) is 0 Å². The van der Waals surface area contributed by atoms with Crippen molar-refractivity contribution in [2.45, 2.75) is 19.4 Å². The minimum absolute atomic E-state index is 0.110. The summed E-state index contributed by atoms with van der Waals surface area (Å²) in [5.74, 6) is 0.501. The van der Waals surface area contributed by atoms with Crippen molar-refractivity contribution in [2.75, 3.05) is 24.6 Å². The maximum Gasteiger partial charge on any atom is 0.231 e. The highest BCUT2D eigenvalue weighted by molar-refractivity contribution is 6.31. The highest BCUT2D eigenvalue weighted by atomic mass is 35.5. The van der Waals surface area contributed by atoms with Gasteiger partial charge in [0.2, 0.25) is 16.5 Å². The molecule has 1 aromatic rings. The number of ether oxygens (including phenoxy) is 1. The average Bonchev–Trinajstić information content (AvgIpc) is 2.14. The molecule has 7 heteroatoms. The van der Waals surface area contributed by atoms with Crippen molar-refractivity contribution in [1.82, 2.24) is 15.0 Å². The predicted molar refractivity (Wildman–Crippen MR) is 62.1 cm³/mol. The number of rotatable bonds is 1. The van der Waals surface area contributed by atoms with Gasteiger partial charge in [-0.05, 0) is 37.0 Å². The Morgan fingerprint density at radius 3 is 2.38 bits per heavy atom. The van der Waals surface area contributed by atoms with Gasteiger partial charge in [0.05, 0.1) is 12.2 Å². The zero-order valence-electron chi connectivity index (χ0n) is 9.07. The fourth-order valence-electron chi connectivity index (χ4n) is 1.64. The van der Waals surface area contributed by atoms with Gasteiger partial charge in [-0.15, -0.1) is 0 Å². The van der Waals surface area contributed by atoms with Crippen molar-refractivity contribution in [3.8, 4) is 0 Å². The lowest BCUT2D eigenvalue weighted by atomic mass is 10.1. The van der Waals surface area contributed by atoms with Gasteiger partial charge in [0.25, 0.3) is 0 Å². The molecule has 0 aromatic carbocycles. The maximum absolute atomic E-state index is 5.74. The van der Waals surface area contributed by atoms with Gasteiger partial charge in [-0.2, -0.15) is 15.0 Å². The lowest BCUT2D eigenvalue weighted by Gasteiger charge is -2.38. The number of nitrogens with zero attached hydrogens (tertiary/aromatic N) is 4. The second-order valence-electron chi connectivity index (χ2n) is 4.20. The van der Waals surface area contributed by atoms with Crippen LogP contribution in [0.25, 0.3) is 0 Å². The first kappa shape index (κ1) is 11.8. The summed E-state index contributed by atoms with van der Waals surface area (Å²) < 4.78 is 5.60. The smallest absolute Gasteiger partial charge is 0.231 e. The molecule has 1 aliphatic rings. The fourth-order valence-corrected chi connectivity index (χ4v) is 2.00. The second kappa shape index (κ2) is 4.31. The minimum atomic E-state index is -0.218. The minimum Gasteiger partial charge on any atom is -0.372 e. The molecule has 0 spiro atoms. The molecule has 2 rings (SSSR count). The van der Waals surface area contributed by atoms with E-state index in [9.17, 15) is 0 Å². The van der Waals surface area contributed by atoms with Crippen LogP contribution in [-0.4, -0.2) is 40.2 Å². The van der Waals surface area contributed by atoms with E-state index in [1.54, 1.807) is 0 Å². The topological polar surface area (TPSA) is 51.1 Å². The van der Waals surface area contributed by atoms with Crippen LogP contribution in [0.1, 0.15) is 13.8 Å². The van der Waals surface area contributed by atoms with Crippen molar-refractivity contribution < 1.29 is 4.74 Å². The van der Waals surface area contributed by atoms with Gasteiger partial charge in [-0.1, -0.05) is 0 Å². The number of morpholine rings is 1. The SMILES string of the molecule is CC1(C)CN(c2nc(Cl)nc(Cl)n2)CCO1. The third-order valence-corrected chi connectivity index (χ3v) is 2.62. The van der Waals surface area contributed by atoms with E-state index >= 15 is 0 Å². The van der Waals surface area contributed by atoms with E-state index in [0.717, 1.165) is 6.54 Å². The molecule has 5 nitrogen and oxygen atoms in total. The fraction of sp³-hybridized carbons (Fsp3) is 0.667. The molecule has 2 heterocycles. The number of hydrogen-bond donors (Lipinski definition) is 0. The van der Waals surface area contributed by atoms with Gasteiger partial charge >= 0.3 is 0 Å². The van der Waals surface area contributed by atoms with Gasteiger partial charge < -0.3 is 9.64 Å². The summed E-state index contributed by atoms with van der Waals surface area (Å²) in [6, 6.07) is 0. The molecular formula is C9H12Cl2N4O. The predicted octanol–water partition coefficient (Wildman–Crippen LogP) is 1.79. The van der Waals surface area contributed by atoms with Crippen molar-refractivity contribution in [3.63, 3.8) is 0 Å². The first-order valence-corrected chi connectivity index (χ1v) is 5.68. The molecule has 1 saturated heterocycles. The molecule has 0 unspecified atom stereocenters. The molecule has 0 aliphatic carbocycles. The molecule has 0 saturated carbocycles. The number of hydrogen-bond acceptors (Lipinski definition) is 5. The van der Waals surface area contributed by atoms with Crippen LogP contribution in [0.3, 0.4) is 0 Å². The van der Waals surface area contributed by atoms with Crippen LogP contribution in [0.4, 0.5) is 5.95 Å². The number of anilines is 1. The van der Waals surface area contributed by atoms with E-state index in [4.69, 9.17) is 27.9 Å². The molecule has 0 atom stereocenters. The molecule has 1 fully saturated rings. The summed E-state index contributed by atoms with van der Waals surface area (Å²) in [5, 5.41) is 0.221. The average molecular weight is 263 g/mol. The lowest BCUT2D eigenvalue weighted by Crippen LogP contribution is -2.49. The number of halogens is 2. The number of aromatic nitrogens is 3. The van der Waals surface area contributed by atoms with Crippen LogP contribution in [0.15, 0.2) is 0 Å². The molecule has 0 radical (unpaired) electrons. The maximum atomic E-state index is 5.74. The normalized spacial score (nSPS) is 19.9. The van der Waals surface area contributed by atoms with Gasteiger partial charge in [-0.3, -0.25) is 0 Å². The molecule has 88 valence electrons. The van der Waals surface area contributed by atoms with Crippen LogP contribution in [0.5, 0.6) is 0 Å². The monoisotopic (exact) mass is 262 g/mol. The van der Waals surface area contributed by atoms with Crippen LogP contribution < -0.4 is 4.90 Å². The largest absolute Gasteiger partial charge is 0.372 e. The summed E-state index contributed by atoms with van der Waals surface area (Å²) in [6.45, 7) is 6.09. The molecule has 16 heavy (non-hydrogen) atoms. The Morgan fingerprint density at radius 2 is 1.81 bits per heavy atom. The van der Waals surface area contributed by atoms with Crippen molar-refractivity contribution in [3.05, 3.63) is 10.6 Å². The Labute approximate surface area is 104 Å². The van der Waals surface area contributed by atoms with Crippen LogP contribution in [-0.2, 0) is 4.74 Å². The zero-order valence-corrected chi connectivity index (χ0v) is 10.6. The first-order chi connectivity index (χ1) is 7.46. The molecule has 1 aliphatic heterocycles. The van der Waals surface area contributed by atoms with Gasteiger partial charge in [0, 0.05) is 13.1 Å². The van der Waals surface area contributed by atoms with Crippen molar-refractivity contribution in [2.24, 2.45) is 0 Å². The van der Waals surface area contributed by atoms with E-state index in [0.29, 0.717) is 19.1 Å². The Morgan fingerprint density at radius 1 is 1.19 bits per heavy atom. The summed E-state index contributed by atoms with van der Waals surface area (Å²) in [5.41, 5.74) is -0.218. The first-order valence-electron chi connectivity index (χ1n) is 4.92. The second-order valence-corrected chi connectivity index (χ2v) is 4.88. The zero-order chi connectivity index (χ0) is 11.8. The summed E-state index contributed by atoms with van der Waals surface area (Å²) in [6.07, 6.45) is 0. The Balaban J connectivity index is 2.23. The Kier molecular flexibility index (Phi) is 3.19. The van der Waals surface area contributed by atoms with E-state index in [-0.39, 0.29) is 16.2 Å². The Hall–Kier alpha value is -0.650. The molecular weight excluding hydrogens is 251 g/mol. The van der Waals surface area contributed by atoms with Gasteiger partial charge in [0.15, 0.2) is 0 Å². The quantitative estimate of drug-likeness (QED) is 0.773. The Bertz CT molecular complexity index is 379. The third kappa shape index (κ3) is 2.72. The highest BCUT2D eigenvalue weighted by Gasteiger charge is 2.28. The van der Waals surface area contributed by atoms with E-state index in [1.807, 2.05) is 18.7 Å². The van der Waals surface area contributed by atoms with Gasteiger partial charge in [-0.25, -0.2) is 0 Å². The van der Waals surface area contributed by atoms with Crippen LogP contribution in [0.2, 0.25) is 10.6 Å². The molecule has 0 amide bonds. The summed E-state index contributed by atoms with van der Waals surface area (Å²) in [7, 11) is 0. The van der Waals surface area contributed by atoms with E-state index in [2.05, 4.69) is 15.0 Å².